The Labute approximate surface area is 234 Å². The van der Waals surface area contributed by atoms with Crippen LogP contribution in [0.5, 0.6) is 5.75 Å². The molecular weight excluding hydrogens is 552 g/mol. The predicted molar refractivity (Wildman–Crippen MR) is 145 cm³/mol. The summed E-state index contributed by atoms with van der Waals surface area (Å²) in [5, 5.41) is 14.4. The third kappa shape index (κ3) is 8.35. The average Bonchev–Trinajstić information content (AvgIpc) is 2.90. The maximum atomic E-state index is 14.9. The van der Waals surface area contributed by atoms with Crippen molar-refractivity contribution in [3.05, 3.63) is 82.6 Å². The number of carbonyl (C=O) groups excluding carboxylic acids is 1. The van der Waals surface area contributed by atoms with Crippen LogP contribution in [0.4, 0.5) is 23.2 Å². The summed E-state index contributed by atoms with van der Waals surface area (Å²) in [6, 6.07) is 13.4. The number of halogens is 5. The number of nitrogens with one attached hydrogen (secondary N) is 2. The molecule has 0 spiro atoms. The summed E-state index contributed by atoms with van der Waals surface area (Å²) in [6.07, 6.45) is -3.90. The Hall–Kier alpha value is -3.79. The molecule has 0 aromatic heterocycles. The number of carboxylic acid groups (broad SMARTS) is 1. The molecule has 1 amide bonds. The molecule has 3 aromatic carbocycles. The van der Waals surface area contributed by atoms with E-state index in [0.29, 0.717) is 5.56 Å². The molecule has 6 nitrogen and oxygen atoms in total. The van der Waals surface area contributed by atoms with Gasteiger partial charge in [-0.3, -0.25) is 9.59 Å². The topological polar surface area (TPSA) is 87.7 Å². The van der Waals surface area contributed by atoms with Crippen LogP contribution >= 0.6 is 11.6 Å². The molecule has 3 aromatic rings. The van der Waals surface area contributed by atoms with Gasteiger partial charge in [0.25, 0.3) is 5.91 Å². The molecular formula is C29H29ClF4N2O4. The van der Waals surface area contributed by atoms with Crippen LogP contribution in [0.2, 0.25) is 5.02 Å². The fraction of sp³-hybridized carbons (Fsp3) is 0.310. The van der Waals surface area contributed by atoms with Gasteiger partial charge in [0, 0.05) is 40.0 Å². The molecule has 2 atom stereocenters. The van der Waals surface area contributed by atoms with E-state index < -0.39 is 23.5 Å². The first kappa shape index (κ1) is 30.7. The molecule has 214 valence electrons. The Balaban J connectivity index is 1.66. The van der Waals surface area contributed by atoms with Crippen LogP contribution in [0.25, 0.3) is 11.1 Å². The van der Waals surface area contributed by atoms with E-state index in [1.807, 2.05) is 13.8 Å². The number of hydrogen-bond acceptors (Lipinski definition) is 4. The SMILES string of the molecule is CCC(C)C(COc1ccc(-c2ccc(C(F)(F)F)cc2Cl)c(F)c1)Nc1ccc(C(=O)NCCC(=O)O)cc1. The van der Waals surface area contributed by atoms with Crippen molar-refractivity contribution in [3.63, 3.8) is 0 Å². The molecule has 0 saturated heterocycles. The van der Waals surface area contributed by atoms with E-state index in [1.54, 1.807) is 24.3 Å². The Morgan fingerprint density at radius 1 is 1.02 bits per heavy atom. The number of anilines is 1. The van der Waals surface area contributed by atoms with E-state index in [2.05, 4.69) is 10.6 Å². The molecule has 3 N–H and O–H groups in total. The number of rotatable bonds is 12. The van der Waals surface area contributed by atoms with Crippen molar-refractivity contribution in [1.29, 1.82) is 0 Å². The van der Waals surface area contributed by atoms with Crippen LogP contribution in [0, 0.1) is 11.7 Å². The van der Waals surface area contributed by atoms with Gasteiger partial charge in [0.2, 0.25) is 0 Å². The fourth-order valence-corrected chi connectivity index (χ4v) is 4.13. The number of benzene rings is 3. The Morgan fingerprint density at radius 3 is 2.27 bits per heavy atom. The highest BCUT2D eigenvalue weighted by molar-refractivity contribution is 6.33. The fourth-order valence-electron chi connectivity index (χ4n) is 3.85. The summed E-state index contributed by atoms with van der Waals surface area (Å²) in [6.45, 7) is 4.26. The summed E-state index contributed by atoms with van der Waals surface area (Å²) in [7, 11) is 0. The van der Waals surface area contributed by atoms with Gasteiger partial charge in [-0.25, -0.2) is 4.39 Å². The van der Waals surface area contributed by atoms with Gasteiger partial charge in [-0.15, -0.1) is 0 Å². The largest absolute Gasteiger partial charge is 0.491 e. The minimum Gasteiger partial charge on any atom is -0.491 e. The van der Waals surface area contributed by atoms with Crippen molar-refractivity contribution in [2.45, 2.75) is 38.9 Å². The first-order valence-corrected chi connectivity index (χ1v) is 12.9. The zero-order valence-corrected chi connectivity index (χ0v) is 22.6. The predicted octanol–water partition coefficient (Wildman–Crippen LogP) is 7.28. The number of hydrogen-bond donors (Lipinski definition) is 3. The quantitative estimate of drug-likeness (QED) is 0.196. The molecule has 0 aliphatic rings. The number of carboxylic acids is 1. The second kappa shape index (κ2) is 13.5. The minimum atomic E-state index is -4.56. The summed E-state index contributed by atoms with van der Waals surface area (Å²) >= 11 is 6.02. The second-order valence-electron chi connectivity index (χ2n) is 9.26. The molecule has 0 saturated carbocycles. The summed E-state index contributed by atoms with van der Waals surface area (Å²) in [4.78, 5) is 22.8. The first-order valence-electron chi connectivity index (χ1n) is 12.5. The van der Waals surface area contributed by atoms with Crippen LogP contribution in [0.1, 0.15) is 42.6 Å². The van der Waals surface area contributed by atoms with Crippen LogP contribution < -0.4 is 15.4 Å². The van der Waals surface area contributed by atoms with Crippen molar-refractivity contribution in [3.8, 4) is 16.9 Å². The van der Waals surface area contributed by atoms with E-state index in [-0.39, 0.29) is 59.3 Å². The third-order valence-electron chi connectivity index (χ3n) is 6.41. The van der Waals surface area contributed by atoms with Crippen molar-refractivity contribution in [2.24, 2.45) is 5.92 Å². The lowest BCUT2D eigenvalue weighted by atomic mass is 9.99. The number of ether oxygens (including phenoxy) is 1. The lowest BCUT2D eigenvalue weighted by molar-refractivity contribution is -0.138. The van der Waals surface area contributed by atoms with Crippen molar-refractivity contribution in [1.82, 2.24) is 5.32 Å². The van der Waals surface area contributed by atoms with Gasteiger partial charge in [0.15, 0.2) is 0 Å². The molecule has 2 unspecified atom stereocenters. The van der Waals surface area contributed by atoms with Crippen LogP contribution in [0.3, 0.4) is 0 Å². The maximum absolute atomic E-state index is 14.9. The molecule has 0 radical (unpaired) electrons. The third-order valence-corrected chi connectivity index (χ3v) is 6.72. The van der Waals surface area contributed by atoms with Crippen molar-refractivity contribution >= 4 is 29.2 Å². The lowest BCUT2D eigenvalue weighted by Crippen LogP contribution is -2.33. The Morgan fingerprint density at radius 2 is 1.70 bits per heavy atom. The molecule has 0 bridgehead atoms. The number of amides is 1. The van der Waals surface area contributed by atoms with Gasteiger partial charge < -0.3 is 20.5 Å². The van der Waals surface area contributed by atoms with Gasteiger partial charge in [-0.05, 0) is 54.4 Å². The molecule has 11 heteroatoms. The van der Waals surface area contributed by atoms with Gasteiger partial charge in [0.05, 0.1) is 18.0 Å². The summed E-state index contributed by atoms with van der Waals surface area (Å²) in [5.41, 5.74) is 0.385. The highest BCUT2D eigenvalue weighted by Crippen LogP contribution is 2.37. The summed E-state index contributed by atoms with van der Waals surface area (Å²) < 4.78 is 59.6. The highest BCUT2D eigenvalue weighted by atomic mass is 35.5. The molecule has 0 aliphatic carbocycles. The van der Waals surface area contributed by atoms with E-state index in [0.717, 1.165) is 36.4 Å². The lowest BCUT2D eigenvalue weighted by Gasteiger charge is -2.26. The van der Waals surface area contributed by atoms with E-state index in [1.165, 1.54) is 12.1 Å². The molecule has 3 rings (SSSR count). The van der Waals surface area contributed by atoms with E-state index in [9.17, 15) is 27.2 Å². The average molecular weight is 581 g/mol. The van der Waals surface area contributed by atoms with Crippen LogP contribution in [0.15, 0.2) is 60.7 Å². The monoisotopic (exact) mass is 580 g/mol. The van der Waals surface area contributed by atoms with Gasteiger partial charge in [-0.1, -0.05) is 37.9 Å². The standard InChI is InChI=1S/C29H29ClF4N2O4/c1-3-17(2)26(36-20-7-4-18(5-8-20)28(39)35-13-12-27(37)38)16-40-21-9-11-23(25(31)15-21)22-10-6-19(14-24(22)30)29(32,33)34/h4-11,14-15,17,26,36H,3,12-13,16H2,1-2H3,(H,35,39)(H,37,38). The summed E-state index contributed by atoms with van der Waals surface area (Å²) in [5.74, 6) is -1.66. The Kier molecular flexibility index (Phi) is 10.4. The van der Waals surface area contributed by atoms with Crippen molar-refractivity contribution in [2.75, 3.05) is 18.5 Å². The minimum absolute atomic E-state index is 0.0283. The number of aliphatic carboxylic acids is 1. The van der Waals surface area contributed by atoms with Gasteiger partial charge in [-0.2, -0.15) is 13.2 Å². The zero-order valence-electron chi connectivity index (χ0n) is 21.8. The molecule has 0 aliphatic heterocycles. The van der Waals surface area contributed by atoms with Gasteiger partial charge >= 0.3 is 12.1 Å². The smallest absolute Gasteiger partial charge is 0.416 e. The molecule has 0 heterocycles. The highest BCUT2D eigenvalue weighted by Gasteiger charge is 2.31. The van der Waals surface area contributed by atoms with E-state index in [4.69, 9.17) is 21.4 Å². The second-order valence-corrected chi connectivity index (χ2v) is 9.67. The first-order chi connectivity index (χ1) is 18.9. The molecule has 0 fully saturated rings. The number of alkyl halides is 3. The van der Waals surface area contributed by atoms with Crippen LogP contribution in [-0.4, -0.2) is 36.2 Å². The number of carbonyl (C=O) groups is 2. The maximum Gasteiger partial charge on any atom is 0.416 e. The van der Waals surface area contributed by atoms with Gasteiger partial charge in [0.1, 0.15) is 18.2 Å². The van der Waals surface area contributed by atoms with E-state index >= 15 is 0 Å². The Bertz CT molecular complexity index is 1330. The zero-order chi connectivity index (χ0) is 29.4. The molecule has 40 heavy (non-hydrogen) atoms. The van der Waals surface area contributed by atoms with Crippen molar-refractivity contribution < 1.29 is 37.0 Å². The normalized spacial score (nSPS) is 12.9. The van der Waals surface area contributed by atoms with Crippen LogP contribution in [-0.2, 0) is 11.0 Å².